The van der Waals surface area contributed by atoms with Gasteiger partial charge in [-0.15, -0.1) is 0 Å². The van der Waals surface area contributed by atoms with Crippen LogP contribution in [0.1, 0.15) is 27.0 Å². The first-order valence-electron chi connectivity index (χ1n) is 8.55. The fourth-order valence-corrected chi connectivity index (χ4v) is 3.05. The van der Waals surface area contributed by atoms with Crippen molar-refractivity contribution in [3.63, 3.8) is 0 Å². The number of rotatable bonds is 7. The van der Waals surface area contributed by atoms with Gasteiger partial charge < -0.3 is 15.2 Å². The maximum Gasteiger partial charge on any atom is 0.335 e. The van der Waals surface area contributed by atoms with Crippen LogP contribution in [0.5, 0.6) is 5.75 Å². The van der Waals surface area contributed by atoms with Crippen molar-refractivity contribution in [2.24, 2.45) is 0 Å². The molecule has 0 saturated carbocycles. The van der Waals surface area contributed by atoms with Crippen molar-refractivity contribution in [2.75, 3.05) is 5.32 Å². The highest BCUT2D eigenvalue weighted by Gasteiger charge is 2.05. The molecular weight excluding hydrogens is 453 g/mol. The largest absolute Gasteiger partial charge is 0.489 e. The van der Waals surface area contributed by atoms with Gasteiger partial charge in [0.15, 0.2) is 0 Å². The highest BCUT2D eigenvalue weighted by molar-refractivity contribution is 14.1. The number of aromatic carboxylic acids is 1. The van der Waals surface area contributed by atoms with E-state index in [0.29, 0.717) is 13.2 Å². The van der Waals surface area contributed by atoms with Gasteiger partial charge in [-0.05, 0) is 82.6 Å². The van der Waals surface area contributed by atoms with E-state index in [4.69, 9.17) is 9.84 Å². The molecule has 0 aliphatic heterocycles. The summed E-state index contributed by atoms with van der Waals surface area (Å²) in [5, 5.41) is 12.3. The molecule has 3 aromatic rings. The van der Waals surface area contributed by atoms with Crippen LogP contribution < -0.4 is 10.1 Å². The van der Waals surface area contributed by atoms with E-state index in [-0.39, 0.29) is 5.56 Å². The third kappa shape index (κ3) is 5.47. The first-order chi connectivity index (χ1) is 13.0. The van der Waals surface area contributed by atoms with Gasteiger partial charge >= 0.3 is 5.97 Å². The smallest absolute Gasteiger partial charge is 0.335 e. The van der Waals surface area contributed by atoms with Gasteiger partial charge in [0.25, 0.3) is 0 Å². The number of nitrogens with one attached hydrogen (secondary N) is 1. The summed E-state index contributed by atoms with van der Waals surface area (Å²) < 4.78 is 7.14. The van der Waals surface area contributed by atoms with Crippen LogP contribution in [0.3, 0.4) is 0 Å². The number of ether oxygens (including phenoxy) is 1. The molecule has 0 aliphatic carbocycles. The van der Waals surface area contributed by atoms with Gasteiger partial charge in [0, 0.05) is 15.8 Å². The number of carboxylic acid groups (broad SMARTS) is 1. The molecule has 0 amide bonds. The topological polar surface area (TPSA) is 58.6 Å². The van der Waals surface area contributed by atoms with Crippen LogP contribution >= 0.6 is 22.6 Å². The Bertz CT molecular complexity index is 939. The Hall–Kier alpha value is -2.54. The lowest BCUT2D eigenvalue weighted by atomic mass is 10.1. The number of benzene rings is 3. The van der Waals surface area contributed by atoms with E-state index in [1.807, 2.05) is 25.1 Å². The molecule has 0 aromatic heterocycles. The molecule has 3 rings (SSSR count). The van der Waals surface area contributed by atoms with Crippen molar-refractivity contribution in [1.82, 2.24) is 0 Å². The predicted octanol–water partition coefficient (Wildman–Crippen LogP) is 5.49. The summed E-state index contributed by atoms with van der Waals surface area (Å²) in [5.74, 6) is -0.0608. The molecule has 0 aliphatic rings. The molecule has 0 spiro atoms. The van der Waals surface area contributed by atoms with Crippen LogP contribution in [0.2, 0.25) is 0 Å². The number of aryl methyl sites for hydroxylation is 1. The van der Waals surface area contributed by atoms with Crippen molar-refractivity contribution in [2.45, 2.75) is 20.1 Å². The Kier molecular flexibility index (Phi) is 6.34. The maximum atomic E-state index is 11.0. The SMILES string of the molecule is Cc1cc(CNc2cccc(C(=O)O)c2)ccc1OCc1ccc(I)cc1. The Balaban J connectivity index is 1.60. The second-order valence-electron chi connectivity index (χ2n) is 6.25. The predicted molar refractivity (Wildman–Crippen MR) is 115 cm³/mol. The second kappa shape index (κ2) is 8.90. The van der Waals surface area contributed by atoms with E-state index in [1.54, 1.807) is 18.2 Å². The molecule has 0 bridgehead atoms. The number of hydrogen-bond acceptors (Lipinski definition) is 3. The summed E-state index contributed by atoms with van der Waals surface area (Å²) in [6.07, 6.45) is 0. The number of carbonyl (C=O) groups is 1. The lowest BCUT2D eigenvalue weighted by Crippen LogP contribution is -2.03. The molecule has 3 aromatic carbocycles. The average molecular weight is 473 g/mol. The molecule has 27 heavy (non-hydrogen) atoms. The van der Waals surface area contributed by atoms with Crippen LogP contribution in [0, 0.1) is 10.5 Å². The Labute approximate surface area is 172 Å². The molecule has 138 valence electrons. The van der Waals surface area contributed by atoms with Crippen molar-refractivity contribution in [3.05, 3.63) is 92.6 Å². The normalized spacial score (nSPS) is 10.4. The van der Waals surface area contributed by atoms with Gasteiger partial charge in [-0.2, -0.15) is 0 Å². The van der Waals surface area contributed by atoms with Crippen LogP contribution in [0.4, 0.5) is 5.69 Å². The lowest BCUT2D eigenvalue weighted by Gasteiger charge is -2.12. The molecule has 0 saturated heterocycles. The third-order valence-corrected chi connectivity index (χ3v) is 4.87. The Morgan fingerprint density at radius 1 is 1.04 bits per heavy atom. The van der Waals surface area contributed by atoms with E-state index in [1.165, 1.54) is 3.57 Å². The Morgan fingerprint density at radius 3 is 2.48 bits per heavy atom. The van der Waals surface area contributed by atoms with E-state index in [0.717, 1.165) is 28.1 Å². The van der Waals surface area contributed by atoms with Crippen LogP contribution in [0.15, 0.2) is 66.7 Å². The monoisotopic (exact) mass is 473 g/mol. The minimum atomic E-state index is -0.927. The zero-order valence-electron chi connectivity index (χ0n) is 14.9. The van der Waals surface area contributed by atoms with Crippen molar-refractivity contribution < 1.29 is 14.6 Å². The summed E-state index contributed by atoms with van der Waals surface area (Å²) in [6.45, 7) is 3.18. The average Bonchev–Trinajstić information content (AvgIpc) is 2.67. The van der Waals surface area contributed by atoms with E-state index >= 15 is 0 Å². The van der Waals surface area contributed by atoms with Crippen molar-refractivity contribution in [3.8, 4) is 5.75 Å². The van der Waals surface area contributed by atoms with E-state index in [9.17, 15) is 4.79 Å². The van der Waals surface area contributed by atoms with Crippen LogP contribution in [-0.2, 0) is 13.2 Å². The molecule has 4 nitrogen and oxygen atoms in total. The third-order valence-electron chi connectivity index (χ3n) is 4.15. The lowest BCUT2D eigenvalue weighted by molar-refractivity contribution is 0.0697. The standard InChI is InChI=1S/C22H20INO3/c1-15-11-17(13-24-20-4-2-3-18(12-20)22(25)26)7-10-21(15)27-14-16-5-8-19(23)9-6-16/h2-12,24H,13-14H2,1H3,(H,25,26). The molecule has 2 N–H and O–H groups in total. The van der Waals surface area contributed by atoms with Gasteiger partial charge in [0.1, 0.15) is 12.4 Å². The summed E-state index contributed by atoms with van der Waals surface area (Å²) in [4.78, 5) is 11.0. The summed E-state index contributed by atoms with van der Waals surface area (Å²) in [5.41, 5.74) is 4.37. The molecule has 0 atom stereocenters. The quantitative estimate of drug-likeness (QED) is 0.446. The van der Waals surface area contributed by atoms with E-state index in [2.05, 4.69) is 58.2 Å². The fourth-order valence-electron chi connectivity index (χ4n) is 2.69. The zero-order chi connectivity index (χ0) is 19.2. The van der Waals surface area contributed by atoms with E-state index < -0.39 is 5.97 Å². The van der Waals surface area contributed by atoms with Gasteiger partial charge in [-0.3, -0.25) is 0 Å². The molecule has 0 radical (unpaired) electrons. The number of anilines is 1. The van der Waals surface area contributed by atoms with Gasteiger partial charge in [0.2, 0.25) is 0 Å². The van der Waals surface area contributed by atoms with Crippen LogP contribution in [-0.4, -0.2) is 11.1 Å². The Morgan fingerprint density at radius 2 is 1.78 bits per heavy atom. The highest BCUT2D eigenvalue weighted by atomic mass is 127. The van der Waals surface area contributed by atoms with Crippen molar-refractivity contribution in [1.29, 1.82) is 0 Å². The maximum absolute atomic E-state index is 11.0. The van der Waals surface area contributed by atoms with Gasteiger partial charge in [-0.1, -0.05) is 30.3 Å². The summed E-state index contributed by atoms with van der Waals surface area (Å²) in [7, 11) is 0. The first-order valence-corrected chi connectivity index (χ1v) is 9.63. The number of hydrogen-bond donors (Lipinski definition) is 2. The first kappa shape index (κ1) is 19.2. The second-order valence-corrected chi connectivity index (χ2v) is 7.50. The molecule has 0 unspecified atom stereocenters. The zero-order valence-corrected chi connectivity index (χ0v) is 17.1. The summed E-state index contributed by atoms with van der Waals surface area (Å²) >= 11 is 2.29. The molecule has 0 fully saturated rings. The number of halogens is 1. The van der Waals surface area contributed by atoms with Crippen LogP contribution in [0.25, 0.3) is 0 Å². The molecule has 0 heterocycles. The molecular formula is C22H20INO3. The molecule has 5 heteroatoms. The van der Waals surface area contributed by atoms with Gasteiger partial charge in [0.05, 0.1) is 5.56 Å². The highest BCUT2D eigenvalue weighted by Crippen LogP contribution is 2.21. The minimum Gasteiger partial charge on any atom is -0.489 e. The van der Waals surface area contributed by atoms with Crippen molar-refractivity contribution >= 4 is 34.2 Å². The minimum absolute atomic E-state index is 0.274. The number of carboxylic acids is 1. The van der Waals surface area contributed by atoms with Gasteiger partial charge in [-0.25, -0.2) is 4.79 Å². The fraction of sp³-hybridized carbons (Fsp3) is 0.136. The summed E-state index contributed by atoms with van der Waals surface area (Å²) in [6, 6.07) is 21.2.